The Morgan fingerprint density at radius 1 is 1.56 bits per heavy atom. The SMILES string of the molecule is CN=C(NCCSC)N1CCSC(C)(C)C1. The molecule has 0 aliphatic carbocycles. The average Bonchev–Trinajstić information content (AvgIpc) is 2.23. The first-order chi connectivity index (χ1) is 7.59. The van der Waals surface area contributed by atoms with E-state index in [2.05, 4.69) is 47.1 Å². The second-order valence-electron chi connectivity index (χ2n) is 4.50. The minimum Gasteiger partial charge on any atom is -0.355 e. The highest BCUT2D eigenvalue weighted by molar-refractivity contribution is 8.00. The molecule has 0 saturated carbocycles. The van der Waals surface area contributed by atoms with Gasteiger partial charge < -0.3 is 10.2 Å². The lowest BCUT2D eigenvalue weighted by molar-refractivity contribution is 0.377. The van der Waals surface area contributed by atoms with Crippen LogP contribution in [0.15, 0.2) is 4.99 Å². The summed E-state index contributed by atoms with van der Waals surface area (Å²) in [7, 11) is 1.87. The van der Waals surface area contributed by atoms with Crippen LogP contribution in [-0.4, -0.2) is 60.0 Å². The van der Waals surface area contributed by atoms with Gasteiger partial charge in [-0.25, -0.2) is 0 Å². The monoisotopic (exact) mass is 261 g/mol. The molecule has 0 atom stereocenters. The van der Waals surface area contributed by atoms with E-state index in [1.54, 1.807) is 0 Å². The Labute approximate surface area is 108 Å². The van der Waals surface area contributed by atoms with Gasteiger partial charge in [-0.1, -0.05) is 0 Å². The van der Waals surface area contributed by atoms with E-state index in [0.717, 1.165) is 31.3 Å². The van der Waals surface area contributed by atoms with Crippen molar-refractivity contribution in [3.8, 4) is 0 Å². The number of nitrogens with zero attached hydrogens (tertiary/aromatic N) is 2. The Kier molecular flexibility index (Phi) is 5.83. The Hall–Kier alpha value is -0.0300. The van der Waals surface area contributed by atoms with Gasteiger partial charge in [-0.15, -0.1) is 0 Å². The van der Waals surface area contributed by atoms with Crippen LogP contribution in [0.25, 0.3) is 0 Å². The summed E-state index contributed by atoms with van der Waals surface area (Å²) < 4.78 is 0.343. The van der Waals surface area contributed by atoms with Crippen LogP contribution >= 0.6 is 23.5 Å². The topological polar surface area (TPSA) is 27.6 Å². The lowest BCUT2D eigenvalue weighted by Crippen LogP contribution is -2.51. The molecule has 1 aliphatic rings. The van der Waals surface area contributed by atoms with Crippen LogP contribution in [0.4, 0.5) is 0 Å². The molecule has 0 aromatic heterocycles. The van der Waals surface area contributed by atoms with E-state index in [1.807, 2.05) is 18.8 Å². The van der Waals surface area contributed by atoms with E-state index in [4.69, 9.17) is 0 Å². The highest BCUT2D eigenvalue weighted by Crippen LogP contribution is 2.29. The summed E-state index contributed by atoms with van der Waals surface area (Å²) in [6.45, 7) is 7.79. The molecular weight excluding hydrogens is 238 g/mol. The van der Waals surface area contributed by atoms with Crippen molar-refractivity contribution >= 4 is 29.5 Å². The molecule has 0 unspecified atom stereocenters. The maximum Gasteiger partial charge on any atom is 0.193 e. The highest BCUT2D eigenvalue weighted by atomic mass is 32.2. The van der Waals surface area contributed by atoms with Crippen molar-refractivity contribution in [2.75, 3.05) is 44.4 Å². The Bertz CT molecular complexity index is 241. The fourth-order valence-corrected chi connectivity index (χ4v) is 3.21. The summed E-state index contributed by atoms with van der Waals surface area (Å²) >= 11 is 3.91. The molecule has 1 N–H and O–H groups in total. The number of thioether (sulfide) groups is 2. The maximum atomic E-state index is 4.36. The molecule has 5 heteroatoms. The summed E-state index contributed by atoms with van der Waals surface area (Å²) in [6.07, 6.45) is 2.13. The molecular formula is C11H23N3S2. The third kappa shape index (κ3) is 4.45. The second-order valence-corrected chi connectivity index (χ2v) is 7.28. The Balaban J connectivity index is 2.46. The summed E-state index contributed by atoms with van der Waals surface area (Å²) in [5.41, 5.74) is 0. The number of hydrogen-bond donors (Lipinski definition) is 1. The molecule has 1 saturated heterocycles. The van der Waals surface area contributed by atoms with Gasteiger partial charge in [0, 0.05) is 42.9 Å². The van der Waals surface area contributed by atoms with Gasteiger partial charge in [-0.3, -0.25) is 4.99 Å². The number of rotatable bonds is 3. The largest absolute Gasteiger partial charge is 0.355 e. The van der Waals surface area contributed by atoms with Crippen LogP contribution in [0, 0.1) is 0 Å². The lowest BCUT2D eigenvalue weighted by atomic mass is 10.2. The van der Waals surface area contributed by atoms with Crippen molar-refractivity contribution in [1.29, 1.82) is 0 Å². The van der Waals surface area contributed by atoms with Crippen molar-refractivity contribution in [3.05, 3.63) is 0 Å². The predicted octanol–water partition coefficient (Wildman–Crippen LogP) is 1.75. The third-order valence-corrected chi connectivity index (χ3v) is 4.44. The average molecular weight is 261 g/mol. The first kappa shape index (κ1) is 14.0. The van der Waals surface area contributed by atoms with Crippen LogP contribution < -0.4 is 5.32 Å². The zero-order valence-corrected chi connectivity index (χ0v) is 12.4. The fourth-order valence-electron chi connectivity index (χ4n) is 1.79. The fraction of sp³-hybridized carbons (Fsp3) is 0.909. The minimum absolute atomic E-state index is 0.343. The standard InChI is InChI=1S/C11H23N3S2/c1-11(2)9-14(6-8-16-11)10(12-3)13-5-7-15-4/h5-9H2,1-4H3,(H,12,13). The van der Waals surface area contributed by atoms with Crippen LogP contribution in [0.2, 0.25) is 0 Å². The van der Waals surface area contributed by atoms with Crippen molar-refractivity contribution in [2.45, 2.75) is 18.6 Å². The molecule has 1 heterocycles. The zero-order chi connectivity index (χ0) is 12.0. The van der Waals surface area contributed by atoms with Gasteiger partial charge in [0.05, 0.1) is 0 Å². The summed E-state index contributed by atoms with van der Waals surface area (Å²) in [5, 5.41) is 3.42. The van der Waals surface area contributed by atoms with Gasteiger partial charge in [0.25, 0.3) is 0 Å². The van der Waals surface area contributed by atoms with Crippen LogP contribution in [0.1, 0.15) is 13.8 Å². The smallest absolute Gasteiger partial charge is 0.193 e. The minimum atomic E-state index is 0.343. The Morgan fingerprint density at radius 3 is 2.88 bits per heavy atom. The van der Waals surface area contributed by atoms with Gasteiger partial charge in [0.1, 0.15) is 0 Å². The van der Waals surface area contributed by atoms with E-state index in [0.29, 0.717) is 4.75 Å². The van der Waals surface area contributed by atoms with Crippen molar-refractivity contribution in [2.24, 2.45) is 4.99 Å². The van der Waals surface area contributed by atoms with Crippen LogP contribution in [0.3, 0.4) is 0 Å². The molecule has 0 bridgehead atoms. The summed E-state index contributed by atoms with van der Waals surface area (Å²) in [6, 6.07) is 0. The molecule has 3 nitrogen and oxygen atoms in total. The van der Waals surface area contributed by atoms with Gasteiger partial charge in [-0.2, -0.15) is 23.5 Å². The van der Waals surface area contributed by atoms with Crippen molar-refractivity contribution in [3.63, 3.8) is 0 Å². The van der Waals surface area contributed by atoms with Crippen LogP contribution in [-0.2, 0) is 0 Å². The molecule has 0 aromatic carbocycles. The quantitative estimate of drug-likeness (QED) is 0.476. The van der Waals surface area contributed by atoms with Gasteiger partial charge in [0.15, 0.2) is 5.96 Å². The molecule has 1 fully saturated rings. The lowest BCUT2D eigenvalue weighted by Gasteiger charge is -2.39. The van der Waals surface area contributed by atoms with Gasteiger partial charge >= 0.3 is 0 Å². The number of hydrogen-bond acceptors (Lipinski definition) is 3. The molecule has 1 rings (SSSR count). The Morgan fingerprint density at radius 2 is 2.31 bits per heavy atom. The van der Waals surface area contributed by atoms with E-state index in [-0.39, 0.29) is 0 Å². The number of nitrogens with one attached hydrogen (secondary N) is 1. The molecule has 0 radical (unpaired) electrons. The van der Waals surface area contributed by atoms with E-state index >= 15 is 0 Å². The third-order valence-electron chi connectivity index (χ3n) is 2.53. The van der Waals surface area contributed by atoms with Crippen molar-refractivity contribution in [1.82, 2.24) is 10.2 Å². The van der Waals surface area contributed by atoms with Crippen molar-refractivity contribution < 1.29 is 0 Å². The zero-order valence-electron chi connectivity index (χ0n) is 10.7. The van der Waals surface area contributed by atoms with E-state index in [1.165, 1.54) is 5.75 Å². The predicted molar refractivity (Wildman–Crippen MR) is 77.9 cm³/mol. The molecule has 0 amide bonds. The van der Waals surface area contributed by atoms with Crippen LogP contribution in [0.5, 0.6) is 0 Å². The second kappa shape index (κ2) is 6.64. The molecule has 0 aromatic rings. The molecule has 0 spiro atoms. The highest BCUT2D eigenvalue weighted by Gasteiger charge is 2.28. The first-order valence-electron chi connectivity index (χ1n) is 5.67. The number of aliphatic imine (C=N–C) groups is 1. The first-order valence-corrected chi connectivity index (χ1v) is 8.05. The molecule has 94 valence electrons. The molecule has 1 aliphatic heterocycles. The van der Waals surface area contributed by atoms with E-state index < -0.39 is 0 Å². The summed E-state index contributed by atoms with van der Waals surface area (Å²) in [4.78, 5) is 6.73. The number of guanidine groups is 1. The maximum absolute atomic E-state index is 4.36. The molecule has 16 heavy (non-hydrogen) atoms. The van der Waals surface area contributed by atoms with E-state index in [9.17, 15) is 0 Å². The van der Waals surface area contributed by atoms with Gasteiger partial charge in [0.2, 0.25) is 0 Å². The summed E-state index contributed by atoms with van der Waals surface area (Å²) in [5.74, 6) is 3.38. The van der Waals surface area contributed by atoms with Gasteiger partial charge in [-0.05, 0) is 20.1 Å². The normalized spacial score (nSPS) is 21.0.